The predicted octanol–water partition coefficient (Wildman–Crippen LogP) is 6.75. The normalized spacial score (nSPS) is 24.1. The molecular weight excluding hydrogens is 1710 g/mol. The Morgan fingerprint density at radius 2 is 0.871 bits per heavy atom. The SMILES string of the molecule is C=CCNC(=O)C(=O)C(CCC)NC(=O)[C@@H]1[C@@H]2[C@H](CN1C(=O)[C@@H](NC(=O)N[C@H](C(=O)c1nccs1)C(C)C)C(C)(C)C)C2(C)C.CC(C)[C@H](NC(=O)N[C@H](C(=O)N1C[C@H]2[C@@H]([C@H]1C(=O)NC(CC1CCC1)C(=O)C(N)=O)C2(C)C)C(C)(C)C)C(=O)C1CC1.Cc1cccc(C(=O)[C@@H](NC(=O)N[C@H](C(=O)N2C[C@H]3[C@@H]([C@H]2C(=O)NC(CC2CC2)C(=O)C(N)=O)C3(C)C)C(C)(C)C)C(C)C)n1. The van der Waals surface area contributed by atoms with Crippen LogP contribution >= 0.6 is 11.3 Å². The maximum absolute atomic E-state index is 14.2. The van der Waals surface area contributed by atoms with E-state index in [1.165, 1.54) is 38.3 Å². The lowest BCUT2D eigenvalue weighted by molar-refractivity contribution is -0.145. The van der Waals surface area contributed by atoms with Crippen LogP contribution in [0.4, 0.5) is 14.4 Å². The molecule has 3 aliphatic heterocycles. The fourth-order valence-electron chi connectivity index (χ4n) is 19.7. The highest BCUT2D eigenvalue weighted by Crippen LogP contribution is 2.67. The van der Waals surface area contributed by atoms with Gasteiger partial charge in [0.05, 0.1) is 36.3 Å². The molecule has 0 bridgehead atoms. The summed E-state index contributed by atoms with van der Waals surface area (Å²) in [6, 6.07) is -8.05. The lowest BCUT2D eigenvalue weighted by Gasteiger charge is -2.38. The summed E-state index contributed by atoms with van der Waals surface area (Å²) in [5, 5.41) is 29.4. The summed E-state index contributed by atoms with van der Waals surface area (Å²) in [7, 11) is 0. The fraction of sp³-hybridized carbons (Fsp3) is 0.708. The number of pyridine rings is 1. The molecule has 3 saturated heterocycles. The number of Topliss-reactive ketones (excluding diaryl/α,β-unsaturated/α-hetero) is 6. The Hall–Kier alpha value is -10.4. The fourth-order valence-corrected chi connectivity index (χ4v) is 20.3. The molecule has 9 fully saturated rings. The number of piperidine rings is 3. The average Bonchev–Trinajstić information content (AvgIpc) is 1.53. The second-order valence-electron chi connectivity index (χ2n) is 44.0. The van der Waals surface area contributed by atoms with E-state index >= 15 is 0 Å². The first kappa shape index (κ1) is 105. The van der Waals surface area contributed by atoms with Crippen LogP contribution in [0.25, 0.3) is 0 Å². The Balaban J connectivity index is 0.000000223. The van der Waals surface area contributed by atoms with E-state index in [4.69, 9.17) is 11.5 Å². The Labute approximate surface area is 779 Å². The van der Waals surface area contributed by atoms with Gasteiger partial charge in [-0.2, -0.15) is 0 Å². The number of fused-ring (bicyclic) bond motifs is 3. The first-order chi connectivity index (χ1) is 61.2. The number of urea groups is 3. The van der Waals surface area contributed by atoms with Gasteiger partial charge < -0.3 is 79.3 Å². The molecule has 3 unspecified atom stereocenters. The summed E-state index contributed by atoms with van der Waals surface area (Å²) >= 11 is 1.19. The molecule has 132 heavy (non-hydrogen) atoms. The number of aromatic nitrogens is 2. The Kier molecular flexibility index (Phi) is 33.2. The number of primary amides is 2. The summed E-state index contributed by atoms with van der Waals surface area (Å²) in [6.07, 6.45) is 10.8. The van der Waals surface area contributed by atoms with Gasteiger partial charge in [0.2, 0.25) is 64.4 Å². The lowest BCUT2D eigenvalue weighted by Crippen LogP contribution is -2.62. The van der Waals surface area contributed by atoms with Crippen molar-refractivity contribution in [2.75, 3.05) is 26.2 Å². The summed E-state index contributed by atoms with van der Waals surface area (Å²) in [5.74, 6) is -9.21. The summed E-state index contributed by atoms with van der Waals surface area (Å²) in [4.78, 5) is 250. The van der Waals surface area contributed by atoms with Gasteiger partial charge in [-0.05, 0) is 149 Å². The zero-order valence-electron chi connectivity index (χ0n) is 81.3. The van der Waals surface area contributed by atoms with Gasteiger partial charge in [-0.25, -0.2) is 24.4 Å². The number of ketones is 6. The number of hydrogen-bond donors (Lipinski definition) is 12. The molecule has 0 spiro atoms. The van der Waals surface area contributed by atoms with Crippen molar-refractivity contribution in [2.45, 2.75) is 302 Å². The molecule has 0 aromatic carbocycles. The van der Waals surface area contributed by atoms with Crippen LogP contribution in [-0.2, 0) is 62.3 Å². The van der Waals surface area contributed by atoms with Crippen LogP contribution in [0.2, 0.25) is 0 Å². The molecule has 11 rings (SSSR count). The van der Waals surface area contributed by atoms with E-state index in [-0.39, 0.29) is 128 Å². The first-order valence-electron chi connectivity index (χ1n) is 46.8. The number of carbonyl (C=O) groups excluding carboxylic acids is 18. The number of aryl methyl sites for hydroxylation is 1. The van der Waals surface area contributed by atoms with Crippen molar-refractivity contribution in [3.8, 4) is 0 Å². The highest BCUT2D eigenvalue weighted by atomic mass is 32.1. The van der Waals surface area contributed by atoms with Crippen molar-refractivity contribution in [3.05, 3.63) is 58.8 Å². The molecule has 18 atom stereocenters. The molecule has 0 radical (unpaired) electrons. The summed E-state index contributed by atoms with van der Waals surface area (Å²) < 4.78 is 0. The number of amides is 15. The molecule has 6 saturated carbocycles. The number of likely N-dealkylation sites (tertiary alicyclic amines) is 3. The van der Waals surface area contributed by atoms with Gasteiger partial charge in [-0.15, -0.1) is 17.9 Å². The molecule has 9 aliphatic rings. The van der Waals surface area contributed by atoms with Crippen molar-refractivity contribution >= 4 is 117 Å². The van der Waals surface area contributed by atoms with Gasteiger partial charge in [-0.1, -0.05) is 203 Å². The van der Waals surface area contributed by atoms with Crippen molar-refractivity contribution in [3.63, 3.8) is 0 Å². The maximum atomic E-state index is 14.2. The highest BCUT2D eigenvalue weighted by Gasteiger charge is 2.73. The number of nitrogens with one attached hydrogen (secondary N) is 10. The minimum absolute atomic E-state index is 0.0133. The molecular formula is C96H145N17O18S. The van der Waals surface area contributed by atoms with Crippen LogP contribution in [0.1, 0.15) is 249 Å². The standard InChI is InChI=1S/C33H48N6O6.C32H48N6O6S.C31H49N5O6/c1-16(2)23(25(40)20-11-9-10-17(3)35-20)37-31(45)38-27(32(4,5)6)30(44)39-15-19-22(33(19,7)8)24(39)29(43)36-21(14-18-12-13-18)26(41)28(34)42;1-10-12-19(23(39)27(42)33-13-11-2)35-26(41)22-20-18(32(20,8)9)16-38(22)29(43)25(31(5,6)7)37-30(44)36-21(17(3)4)24(40)28-34-14-15-45-28;1-15(2)21(23(37)17-11-12-17)34-29(42)35-25(30(3,4)5)28(41)36-14-18-20(31(18,6)7)22(36)27(40)33-19(24(38)26(32)39)13-16-9-8-10-16/h9-11,16,18-19,21-24,27H,12-15H2,1-8H3,(H2,34,42)(H,36,43)(H2,37,38,45);11,14-15,17-22,25H,2,10,12-13,16H2,1,3-9H3,(H,33,42)(H,35,41)(H2,36,37,44);15-22,25H,8-14H2,1-7H3,(H2,32,39)(H,33,40)(H2,34,35,42)/t19-,21?,22-,23-,24-,27+;2*18-,19?,20-,21-,22-,25+/m000/s1. The van der Waals surface area contributed by atoms with Gasteiger partial charge in [0.25, 0.3) is 17.7 Å². The van der Waals surface area contributed by atoms with Crippen molar-refractivity contribution in [1.82, 2.24) is 77.8 Å². The van der Waals surface area contributed by atoms with Gasteiger partial charge in [-0.3, -0.25) is 71.9 Å². The zero-order chi connectivity index (χ0) is 98.8. The molecule has 35 nitrogen and oxygen atoms in total. The second kappa shape index (κ2) is 41.6. The van der Waals surface area contributed by atoms with Crippen LogP contribution in [0.3, 0.4) is 0 Å². The third-order valence-corrected chi connectivity index (χ3v) is 29.4. The quantitative estimate of drug-likeness (QED) is 0.0188. The zero-order valence-corrected chi connectivity index (χ0v) is 82.1. The van der Waals surface area contributed by atoms with E-state index < -0.39 is 177 Å². The third kappa shape index (κ3) is 24.6. The van der Waals surface area contributed by atoms with E-state index in [0.29, 0.717) is 44.6 Å². The number of rotatable bonds is 38. The van der Waals surface area contributed by atoms with Gasteiger partial charge >= 0.3 is 18.1 Å². The number of carbonyl (C=O) groups is 18. The Morgan fingerprint density at radius 3 is 1.18 bits per heavy atom. The number of nitrogens with zero attached hydrogens (tertiary/aromatic N) is 5. The van der Waals surface area contributed by atoms with Crippen LogP contribution in [0, 0.1) is 110 Å². The molecule has 5 heterocycles. The van der Waals surface area contributed by atoms with E-state index in [0.717, 1.165) is 44.9 Å². The monoisotopic (exact) mass is 1860 g/mol. The minimum Gasteiger partial charge on any atom is -0.363 e. The van der Waals surface area contributed by atoms with Crippen LogP contribution in [0.5, 0.6) is 0 Å². The first-order valence-corrected chi connectivity index (χ1v) is 47.7. The molecule has 2 aromatic rings. The Morgan fingerprint density at radius 1 is 0.500 bits per heavy atom. The van der Waals surface area contributed by atoms with Crippen LogP contribution in [-0.4, -0.2) is 229 Å². The van der Waals surface area contributed by atoms with Crippen LogP contribution < -0.4 is 64.6 Å². The summed E-state index contributed by atoms with van der Waals surface area (Å²) in [6.45, 7) is 47.9. The predicted molar refractivity (Wildman–Crippen MR) is 493 cm³/mol. The second-order valence-corrected chi connectivity index (χ2v) is 44.9. The van der Waals surface area contributed by atoms with Crippen molar-refractivity contribution in [1.29, 1.82) is 0 Å². The lowest BCUT2D eigenvalue weighted by atomic mass is 9.80. The van der Waals surface area contributed by atoms with E-state index in [9.17, 15) is 86.3 Å². The molecule has 728 valence electrons. The van der Waals surface area contributed by atoms with Crippen LogP contribution in [0.15, 0.2) is 42.4 Å². The highest BCUT2D eigenvalue weighted by molar-refractivity contribution is 7.11. The van der Waals surface area contributed by atoms with Crippen molar-refractivity contribution in [2.24, 2.45) is 115 Å². The summed E-state index contributed by atoms with van der Waals surface area (Å²) in [5.41, 5.74) is 8.71. The number of nitrogens with two attached hydrogens (primary N) is 2. The largest absolute Gasteiger partial charge is 0.363 e. The molecule has 36 heteroatoms. The third-order valence-electron chi connectivity index (χ3n) is 28.6. The van der Waals surface area contributed by atoms with Gasteiger partial charge in [0, 0.05) is 49.4 Å². The average molecular weight is 1860 g/mol. The van der Waals surface area contributed by atoms with E-state index in [1.807, 2.05) is 138 Å². The topological polar surface area (TPSA) is 515 Å². The molecule has 6 aliphatic carbocycles. The molecule has 2 aromatic heterocycles. The smallest absolute Gasteiger partial charge is 0.316 e. The van der Waals surface area contributed by atoms with Gasteiger partial charge in [0.1, 0.15) is 41.9 Å². The van der Waals surface area contributed by atoms with E-state index in [1.54, 1.807) is 30.5 Å². The molecule has 14 N–H and O–H groups in total. The van der Waals surface area contributed by atoms with Gasteiger partial charge in [0.15, 0.2) is 10.8 Å². The van der Waals surface area contributed by atoms with E-state index in [2.05, 4.69) is 83.6 Å². The maximum Gasteiger partial charge on any atom is 0.316 e. The molecule has 15 amide bonds. The number of hydrogen-bond acceptors (Lipinski definition) is 21. The van der Waals surface area contributed by atoms with Crippen molar-refractivity contribution < 1.29 is 86.3 Å². The number of thiazole rings is 1. The minimum atomic E-state index is -1.11. The Bertz CT molecular complexity index is 4740.